The number of rotatable bonds is 14. The lowest BCUT2D eigenvalue weighted by molar-refractivity contribution is -0.647. The van der Waals surface area contributed by atoms with E-state index in [1.165, 1.54) is 0 Å². The van der Waals surface area contributed by atoms with Gasteiger partial charge in [-0.05, 0) is 35.4 Å². The average molecular weight is 539 g/mol. The third-order valence-corrected chi connectivity index (χ3v) is 5.36. The Labute approximate surface area is 216 Å². The first kappa shape index (κ1) is 29.9. The number of amides is 3. The lowest BCUT2D eigenvalue weighted by Gasteiger charge is -2.29. The Morgan fingerprint density at radius 1 is 1.00 bits per heavy atom. The first-order valence-corrected chi connectivity index (χ1v) is 11.5. The van der Waals surface area contributed by atoms with Gasteiger partial charge < -0.3 is 25.6 Å². The molecule has 2 atom stereocenters. The molecule has 2 unspecified atom stereocenters. The Morgan fingerprint density at radius 3 is 2.03 bits per heavy atom. The highest BCUT2D eigenvalue weighted by Gasteiger charge is 2.54. The number of aliphatic hydroxyl groups excluding tert-OH is 1. The van der Waals surface area contributed by atoms with E-state index in [1.54, 1.807) is 60.7 Å². The lowest BCUT2D eigenvalue weighted by Crippen LogP contribution is -2.59. The molecule has 0 fully saturated rings. The minimum Gasteiger partial charge on any atom is -0.445 e. The van der Waals surface area contributed by atoms with E-state index in [0.29, 0.717) is 5.56 Å². The normalized spacial score (nSPS) is 12.6. The largest absolute Gasteiger partial charge is 0.468 e. The van der Waals surface area contributed by atoms with Crippen LogP contribution in [0.4, 0.5) is 18.4 Å². The maximum absolute atomic E-state index is 14.2. The van der Waals surface area contributed by atoms with Crippen molar-refractivity contribution < 1.29 is 42.8 Å². The van der Waals surface area contributed by atoms with Crippen LogP contribution in [0.1, 0.15) is 30.4 Å². The third-order valence-electron chi connectivity index (χ3n) is 5.36. The summed E-state index contributed by atoms with van der Waals surface area (Å²) >= 11 is 0. The Kier molecular flexibility index (Phi) is 11.3. The summed E-state index contributed by atoms with van der Waals surface area (Å²) in [6.45, 7) is -0.389. The number of hydrogen-bond acceptors (Lipinski definition) is 8. The van der Waals surface area contributed by atoms with Crippen molar-refractivity contribution >= 4 is 18.1 Å². The van der Waals surface area contributed by atoms with Crippen molar-refractivity contribution in [3.8, 4) is 0 Å². The fraction of sp³-hybridized carbons (Fsp3) is 0.375. The van der Waals surface area contributed by atoms with Gasteiger partial charge in [0.05, 0.1) is 0 Å². The first-order chi connectivity index (χ1) is 18.0. The molecule has 0 aromatic heterocycles. The van der Waals surface area contributed by atoms with E-state index < -0.39 is 54.2 Å². The van der Waals surface area contributed by atoms with E-state index in [4.69, 9.17) is 9.47 Å². The zero-order valence-electron chi connectivity index (χ0n) is 20.2. The number of primary amides is 1. The van der Waals surface area contributed by atoms with Gasteiger partial charge in [0, 0.05) is 6.54 Å². The monoisotopic (exact) mass is 538 g/mol. The van der Waals surface area contributed by atoms with Crippen LogP contribution in [0.5, 0.6) is 0 Å². The van der Waals surface area contributed by atoms with E-state index in [2.05, 4.69) is 11.1 Å². The van der Waals surface area contributed by atoms with Crippen LogP contribution in [-0.4, -0.2) is 57.9 Å². The zero-order valence-corrected chi connectivity index (χ0v) is 20.2. The molecule has 0 saturated carbocycles. The molecule has 0 bridgehead atoms. The fourth-order valence-corrected chi connectivity index (χ4v) is 3.35. The second-order valence-corrected chi connectivity index (χ2v) is 8.11. The summed E-state index contributed by atoms with van der Waals surface area (Å²) < 4.78 is 38.4. The number of nitrogens with zero attached hydrogens (tertiary/aromatic N) is 2. The summed E-state index contributed by atoms with van der Waals surface area (Å²) in [5, 5.41) is 22.7. The number of unbranched alkanes of at least 4 members (excludes halogenated alkanes) is 1. The number of nitrogens with two attached hydrogens (primary N) is 1. The van der Waals surface area contributed by atoms with Crippen LogP contribution in [0.15, 0.2) is 60.7 Å². The van der Waals surface area contributed by atoms with Crippen molar-refractivity contribution in [2.45, 2.75) is 50.5 Å². The van der Waals surface area contributed by atoms with E-state index >= 15 is 0 Å². The summed E-state index contributed by atoms with van der Waals surface area (Å²) in [4.78, 5) is 47.2. The molecule has 14 heteroatoms. The van der Waals surface area contributed by atoms with Gasteiger partial charge in [0.2, 0.25) is 0 Å². The molecule has 0 saturated heterocycles. The van der Waals surface area contributed by atoms with Gasteiger partial charge in [0.15, 0.2) is 11.1 Å². The van der Waals surface area contributed by atoms with Gasteiger partial charge in [-0.1, -0.05) is 60.7 Å². The molecule has 0 heterocycles. The number of benzene rings is 2. The van der Waals surface area contributed by atoms with E-state index in [0.717, 1.165) is 5.56 Å². The summed E-state index contributed by atoms with van der Waals surface area (Å²) in [6, 6.07) is 14.7. The number of alkyl carbamates (subject to hydrolysis) is 1. The molecule has 0 aliphatic rings. The summed E-state index contributed by atoms with van der Waals surface area (Å²) in [5.74, 6) is -6.81. The highest BCUT2D eigenvalue weighted by atomic mass is 19.3. The van der Waals surface area contributed by atoms with Gasteiger partial charge in [-0.15, -0.1) is 0 Å². The standard InChI is InChI=1S/C24H28F2N4O8/c25-24(26,21(27)32)20(31)19(29(30(35)36)23(34)38-16-18-11-5-2-6-12-18)13-7-8-14-28-22(33)37-15-17-9-3-1-4-10-17/h1-6,9-12,19-20,31H,7-8,13-16H2,(H2,27,32)(H,28,33). The average Bonchev–Trinajstić information content (AvgIpc) is 2.90. The van der Waals surface area contributed by atoms with Crippen molar-refractivity contribution in [3.05, 3.63) is 81.9 Å². The van der Waals surface area contributed by atoms with E-state index in [9.17, 15) is 38.4 Å². The Balaban J connectivity index is 1.99. The number of ether oxygens (including phenoxy) is 2. The van der Waals surface area contributed by atoms with Gasteiger partial charge in [-0.3, -0.25) is 4.79 Å². The minimum absolute atomic E-state index is 0.000428. The number of aliphatic hydroxyl groups is 1. The summed E-state index contributed by atoms with van der Waals surface area (Å²) in [7, 11) is 0. The van der Waals surface area contributed by atoms with Crippen molar-refractivity contribution in [1.29, 1.82) is 0 Å². The lowest BCUT2D eigenvalue weighted by atomic mass is 9.98. The molecule has 0 radical (unpaired) electrons. The van der Waals surface area contributed by atoms with Crippen LogP contribution >= 0.6 is 0 Å². The SMILES string of the molecule is NC(=O)C(F)(F)C(O)C(CCCCNC(=O)OCc1ccccc1)N(C(=O)OCc1ccccc1)[N+](=O)[O-]. The highest BCUT2D eigenvalue weighted by molar-refractivity contribution is 5.82. The van der Waals surface area contributed by atoms with Crippen LogP contribution < -0.4 is 11.1 Å². The van der Waals surface area contributed by atoms with Crippen LogP contribution in [-0.2, 0) is 27.5 Å². The Hall–Kier alpha value is -4.33. The van der Waals surface area contributed by atoms with Gasteiger partial charge in [-0.25, -0.2) is 19.7 Å². The molecule has 2 aromatic rings. The summed E-state index contributed by atoms with van der Waals surface area (Å²) in [6.07, 6.45) is -5.89. The van der Waals surface area contributed by atoms with Crippen molar-refractivity contribution in [1.82, 2.24) is 10.3 Å². The van der Waals surface area contributed by atoms with Crippen LogP contribution in [0.25, 0.3) is 0 Å². The predicted octanol–water partition coefficient (Wildman–Crippen LogP) is 2.76. The Morgan fingerprint density at radius 2 is 1.53 bits per heavy atom. The van der Waals surface area contributed by atoms with Crippen molar-refractivity contribution in [2.75, 3.05) is 6.54 Å². The van der Waals surface area contributed by atoms with Crippen LogP contribution in [0, 0.1) is 10.1 Å². The molecular weight excluding hydrogens is 510 g/mol. The molecule has 38 heavy (non-hydrogen) atoms. The van der Waals surface area contributed by atoms with E-state index in [1.807, 2.05) is 0 Å². The number of hydrazine groups is 1. The van der Waals surface area contributed by atoms with Crippen LogP contribution in [0.3, 0.4) is 0 Å². The van der Waals surface area contributed by atoms with Gasteiger partial charge in [0.25, 0.3) is 5.91 Å². The van der Waals surface area contributed by atoms with E-state index in [-0.39, 0.29) is 31.0 Å². The van der Waals surface area contributed by atoms with Gasteiger partial charge in [-0.2, -0.15) is 8.78 Å². The van der Waals surface area contributed by atoms with Crippen molar-refractivity contribution in [2.24, 2.45) is 5.73 Å². The van der Waals surface area contributed by atoms with Gasteiger partial charge in [0.1, 0.15) is 19.3 Å². The molecular formula is C24H28F2N4O8. The first-order valence-electron chi connectivity index (χ1n) is 11.5. The quantitative estimate of drug-likeness (QED) is 0.187. The van der Waals surface area contributed by atoms with Crippen molar-refractivity contribution in [3.63, 3.8) is 0 Å². The molecule has 12 nitrogen and oxygen atoms in total. The molecule has 2 aromatic carbocycles. The minimum atomic E-state index is -4.59. The molecule has 2 rings (SSSR count). The number of nitrogens with one attached hydrogen (secondary N) is 1. The number of carbonyl (C=O) groups excluding carboxylic acids is 3. The number of nitro groups is 1. The fourth-order valence-electron chi connectivity index (χ4n) is 3.35. The summed E-state index contributed by atoms with van der Waals surface area (Å²) in [5.41, 5.74) is 5.89. The molecule has 0 aliphatic heterocycles. The topological polar surface area (TPSA) is 174 Å². The molecule has 0 spiro atoms. The predicted molar refractivity (Wildman–Crippen MR) is 128 cm³/mol. The Bertz CT molecular complexity index is 1080. The number of hydrogen-bond donors (Lipinski definition) is 3. The molecule has 3 amide bonds. The number of carbonyl (C=O) groups is 3. The number of halogens is 2. The molecule has 4 N–H and O–H groups in total. The highest BCUT2D eigenvalue weighted by Crippen LogP contribution is 2.27. The van der Waals surface area contributed by atoms with Gasteiger partial charge >= 0.3 is 18.1 Å². The van der Waals surface area contributed by atoms with Crippen LogP contribution in [0.2, 0.25) is 0 Å². The zero-order chi connectivity index (χ0) is 28.1. The smallest absolute Gasteiger partial charge is 0.445 e. The third kappa shape index (κ3) is 8.96. The maximum Gasteiger partial charge on any atom is 0.468 e. The maximum atomic E-state index is 14.2. The molecule has 206 valence electrons. The molecule has 0 aliphatic carbocycles. The second-order valence-electron chi connectivity index (χ2n) is 8.11. The second kappa shape index (κ2) is 14.4. The number of alkyl halides is 2.